The molecule has 2 unspecified atom stereocenters. The van der Waals surface area contributed by atoms with Crippen molar-refractivity contribution in [3.8, 4) is 0 Å². The highest BCUT2D eigenvalue weighted by Gasteiger charge is 2.38. The van der Waals surface area contributed by atoms with Gasteiger partial charge in [-0.1, -0.05) is 30.3 Å². The Morgan fingerprint density at radius 3 is 2.64 bits per heavy atom. The van der Waals surface area contributed by atoms with Crippen molar-refractivity contribution in [3.63, 3.8) is 0 Å². The molecular formula is C19H27NO2. The van der Waals surface area contributed by atoms with E-state index in [-0.39, 0.29) is 11.8 Å². The fraction of sp³-hybridized carbons (Fsp3) is 0.632. The Balaban J connectivity index is 1.58. The van der Waals surface area contributed by atoms with Gasteiger partial charge in [-0.05, 0) is 50.0 Å². The van der Waals surface area contributed by atoms with Crippen LogP contribution in [0.3, 0.4) is 0 Å². The second kappa shape index (κ2) is 7.28. The number of nitrogens with zero attached hydrogens (tertiary/aromatic N) is 1. The second-order valence-electron chi connectivity index (χ2n) is 6.76. The van der Waals surface area contributed by atoms with Gasteiger partial charge in [0.25, 0.3) is 0 Å². The number of ether oxygens (including phenoxy) is 1. The molecule has 120 valence electrons. The highest BCUT2D eigenvalue weighted by Crippen LogP contribution is 2.43. The normalized spacial score (nSPS) is 23.0. The van der Waals surface area contributed by atoms with Crippen molar-refractivity contribution in [2.45, 2.75) is 50.5 Å². The summed E-state index contributed by atoms with van der Waals surface area (Å²) < 4.78 is 5.78. The van der Waals surface area contributed by atoms with Gasteiger partial charge in [-0.2, -0.15) is 0 Å². The first kappa shape index (κ1) is 15.5. The van der Waals surface area contributed by atoms with Gasteiger partial charge >= 0.3 is 0 Å². The quantitative estimate of drug-likeness (QED) is 0.803. The summed E-state index contributed by atoms with van der Waals surface area (Å²) in [6.07, 6.45) is 7.27. The predicted molar refractivity (Wildman–Crippen MR) is 87.8 cm³/mol. The topological polar surface area (TPSA) is 29.5 Å². The van der Waals surface area contributed by atoms with Gasteiger partial charge in [0.15, 0.2) is 0 Å². The smallest absolute Gasteiger partial charge is 0.230 e. The summed E-state index contributed by atoms with van der Waals surface area (Å²) in [7, 11) is 1.95. The maximum absolute atomic E-state index is 12.9. The minimum absolute atomic E-state index is 0.0541. The molecule has 1 aromatic carbocycles. The van der Waals surface area contributed by atoms with Crippen molar-refractivity contribution >= 4 is 5.91 Å². The molecule has 1 aromatic rings. The average molecular weight is 301 g/mol. The molecule has 2 fully saturated rings. The molecule has 2 atom stereocenters. The molecule has 0 N–H and O–H groups in total. The van der Waals surface area contributed by atoms with Gasteiger partial charge < -0.3 is 9.64 Å². The lowest BCUT2D eigenvalue weighted by molar-refractivity contribution is -0.132. The van der Waals surface area contributed by atoms with Crippen molar-refractivity contribution in [1.29, 1.82) is 0 Å². The van der Waals surface area contributed by atoms with E-state index in [0.29, 0.717) is 12.0 Å². The van der Waals surface area contributed by atoms with Crippen LogP contribution in [0.2, 0.25) is 0 Å². The zero-order valence-corrected chi connectivity index (χ0v) is 13.5. The van der Waals surface area contributed by atoms with Crippen LogP contribution in [0.4, 0.5) is 0 Å². The first-order chi connectivity index (χ1) is 10.8. The van der Waals surface area contributed by atoms with E-state index in [1.54, 1.807) is 0 Å². The largest absolute Gasteiger partial charge is 0.378 e. The van der Waals surface area contributed by atoms with E-state index in [9.17, 15) is 4.79 Å². The summed E-state index contributed by atoms with van der Waals surface area (Å²) in [5, 5.41) is 0. The van der Waals surface area contributed by atoms with Gasteiger partial charge in [-0.25, -0.2) is 0 Å². The van der Waals surface area contributed by atoms with Crippen molar-refractivity contribution in [3.05, 3.63) is 35.9 Å². The molecule has 1 heterocycles. The summed E-state index contributed by atoms with van der Waals surface area (Å²) in [5.41, 5.74) is 1.18. The average Bonchev–Trinajstić information content (AvgIpc) is 3.39. The Morgan fingerprint density at radius 1 is 1.23 bits per heavy atom. The van der Waals surface area contributed by atoms with E-state index in [1.807, 2.05) is 30.1 Å². The maximum atomic E-state index is 12.9. The zero-order chi connectivity index (χ0) is 15.4. The third-order valence-electron chi connectivity index (χ3n) is 4.95. The molecule has 1 amide bonds. The number of amides is 1. The number of likely N-dealkylation sites (N-methyl/N-ethyl adjacent to an activating group) is 1. The Labute approximate surface area is 133 Å². The Morgan fingerprint density at radius 2 is 2.00 bits per heavy atom. The number of hydrogen-bond acceptors (Lipinski definition) is 2. The van der Waals surface area contributed by atoms with Crippen LogP contribution >= 0.6 is 0 Å². The molecule has 1 aliphatic carbocycles. The van der Waals surface area contributed by atoms with Crippen molar-refractivity contribution in [2.75, 3.05) is 20.2 Å². The maximum Gasteiger partial charge on any atom is 0.230 e. The summed E-state index contributed by atoms with van der Waals surface area (Å²) in [4.78, 5) is 14.8. The van der Waals surface area contributed by atoms with Crippen LogP contribution in [0.1, 0.15) is 50.0 Å². The molecule has 0 spiro atoms. The number of carbonyl (C=O) groups excluding carboxylic acids is 1. The molecule has 3 heteroatoms. The minimum Gasteiger partial charge on any atom is -0.378 e. The molecule has 0 aromatic heterocycles. The monoisotopic (exact) mass is 301 g/mol. The predicted octanol–water partition coefficient (Wildman–Crippen LogP) is 3.60. The third-order valence-corrected chi connectivity index (χ3v) is 4.95. The first-order valence-electron chi connectivity index (χ1n) is 8.67. The van der Waals surface area contributed by atoms with E-state index >= 15 is 0 Å². The number of hydrogen-bond donors (Lipinski definition) is 0. The Bertz CT molecular complexity index is 477. The molecule has 1 saturated heterocycles. The van der Waals surface area contributed by atoms with Crippen LogP contribution in [0.25, 0.3) is 0 Å². The van der Waals surface area contributed by atoms with Crippen LogP contribution in [-0.4, -0.2) is 37.1 Å². The van der Waals surface area contributed by atoms with E-state index in [4.69, 9.17) is 4.74 Å². The number of rotatable bonds is 6. The molecular weight excluding hydrogens is 274 g/mol. The van der Waals surface area contributed by atoms with Crippen LogP contribution in [0.15, 0.2) is 30.3 Å². The van der Waals surface area contributed by atoms with Gasteiger partial charge in [0.05, 0.1) is 12.0 Å². The lowest BCUT2D eigenvalue weighted by atomic mass is 9.92. The fourth-order valence-electron chi connectivity index (χ4n) is 3.43. The molecule has 3 nitrogen and oxygen atoms in total. The zero-order valence-electron chi connectivity index (χ0n) is 13.5. The van der Waals surface area contributed by atoms with Crippen LogP contribution in [0.5, 0.6) is 0 Å². The van der Waals surface area contributed by atoms with Gasteiger partial charge in [0.2, 0.25) is 5.91 Å². The van der Waals surface area contributed by atoms with Crippen LogP contribution in [-0.2, 0) is 9.53 Å². The molecule has 22 heavy (non-hydrogen) atoms. The molecule has 1 aliphatic heterocycles. The lowest BCUT2D eigenvalue weighted by Crippen LogP contribution is -2.35. The fourth-order valence-corrected chi connectivity index (χ4v) is 3.43. The van der Waals surface area contributed by atoms with E-state index in [0.717, 1.165) is 26.0 Å². The van der Waals surface area contributed by atoms with E-state index in [2.05, 4.69) is 12.1 Å². The molecule has 0 bridgehead atoms. The number of carbonyl (C=O) groups is 1. The lowest BCUT2D eigenvalue weighted by Gasteiger charge is -2.27. The van der Waals surface area contributed by atoms with Crippen LogP contribution in [0, 0.1) is 5.92 Å². The van der Waals surface area contributed by atoms with Gasteiger partial charge in [0, 0.05) is 20.2 Å². The van der Waals surface area contributed by atoms with Gasteiger partial charge in [0.1, 0.15) is 0 Å². The van der Waals surface area contributed by atoms with Crippen molar-refractivity contribution in [1.82, 2.24) is 4.90 Å². The van der Waals surface area contributed by atoms with Crippen molar-refractivity contribution < 1.29 is 9.53 Å². The van der Waals surface area contributed by atoms with Gasteiger partial charge in [-0.3, -0.25) is 4.79 Å². The summed E-state index contributed by atoms with van der Waals surface area (Å²) in [6, 6.07) is 10.3. The van der Waals surface area contributed by atoms with E-state index < -0.39 is 0 Å². The summed E-state index contributed by atoms with van der Waals surface area (Å²) >= 11 is 0. The second-order valence-corrected chi connectivity index (χ2v) is 6.76. The molecule has 0 radical (unpaired) electrons. The number of benzene rings is 1. The summed E-state index contributed by atoms with van der Waals surface area (Å²) in [6.45, 7) is 1.69. The molecule has 3 rings (SSSR count). The molecule has 2 aliphatic rings. The SMILES string of the molecule is CN(CCC1CCCCO1)C(=O)C(c1ccccc1)C1CC1. The Kier molecular flexibility index (Phi) is 5.14. The van der Waals surface area contributed by atoms with E-state index in [1.165, 1.54) is 31.2 Å². The van der Waals surface area contributed by atoms with Crippen molar-refractivity contribution in [2.24, 2.45) is 5.92 Å². The molecule has 1 saturated carbocycles. The minimum atomic E-state index is 0.0541. The Hall–Kier alpha value is -1.35. The van der Waals surface area contributed by atoms with Crippen LogP contribution < -0.4 is 0 Å². The highest BCUT2D eigenvalue weighted by molar-refractivity contribution is 5.84. The standard InChI is InChI=1S/C19H27NO2/c1-20(13-12-17-9-5-6-14-22-17)19(21)18(16-10-11-16)15-7-3-2-4-8-15/h2-4,7-8,16-18H,5-6,9-14H2,1H3. The summed E-state index contributed by atoms with van der Waals surface area (Å²) in [5.74, 6) is 0.881. The highest BCUT2D eigenvalue weighted by atomic mass is 16.5. The third kappa shape index (κ3) is 3.89. The first-order valence-corrected chi connectivity index (χ1v) is 8.67. The van der Waals surface area contributed by atoms with Gasteiger partial charge in [-0.15, -0.1) is 0 Å².